The van der Waals surface area contributed by atoms with Crippen LogP contribution in [0.25, 0.3) is 0 Å². The summed E-state index contributed by atoms with van der Waals surface area (Å²) in [6, 6.07) is 0. The number of hydrogen-bond acceptors (Lipinski definition) is 5. The average Bonchev–Trinajstić information content (AvgIpc) is 2.96. The zero-order chi connectivity index (χ0) is 13.1. The van der Waals surface area contributed by atoms with Crippen molar-refractivity contribution in [3.05, 3.63) is 28.5 Å². The van der Waals surface area contributed by atoms with E-state index in [1.807, 2.05) is 12.3 Å². The third kappa shape index (κ3) is 2.51. The Bertz CT molecular complexity index is 514. The number of aromatic nitrogens is 3. The van der Waals surface area contributed by atoms with Crippen LogP contribution in [-0.4, -0.2) is 27.2 Å². The molecule has 1 amide bonds. The number of hydrogen-bond donors (Lipinski definition) is 2. The van der Waals surface area contributed by atoms with E-state index < -0.39 is 0 Å². The van der Waals surface area contributed by atoms with Crippen LogP contribution < -0.4 is 11.1 Å². The smallest absolute Gasteiger partial charge is 0.271 e. The molecular formula is C11H15N5OS. The van der Waals surface area contributed by atoms with E-state index in [-0.39, 0.29) is 11.8 Å². The first kappa shape index (κ1) is 12.6. The lowest BCUT2D eigenvalue weighted by atomic mass is 10.2. The Morgan fingerprint density at radius 3 is 3.00 bits per heavy atom. The quantitative estimate of drug-likeness (QED) is 0.863. The van der Waals surface area contributed by atoms with Crippen molar-refractivity contribution in [1.29, 1.82) is 0 Å². The average molecular weight is 265 g/mol. The van der Waals surface area contributed by atoms with Crippen LogP contribution in [-0.2, 0) is 7.05 Å². The SMILES string of the molecule is CC(CNC(=O)c1c(N)cnn1C)c1nccs1. The molecule has 0 radical (unpaired) electrons. The second kappa shape index (κ2) is 5.18. The van der Waals surface area contributed by atoms with E-state index in [0.717, 1.165) is 5.01 Å². The first-order valence-corrected chi connectivity index (χ1v) is 6.42. The summed E-state index contributed by atoms with van der Waals surface area (Å²) >= 11 is 1.58. The van der Waals surface area contributed by atoms with Gasteiger partial charge in [0.2, 0.25) is 0 Å². The summed E-state index contributed by atoms with van der Waals surface area (Å²) in [6.07, 6.45) is 3.23. The molecule has 7 heteroatoms. The molecule has 2 rings (SSSR count). The highest BCUT2D eigenvalue weighted by Crippen LogP contribution is 2.17. The number of thiazole rings is 1. The molecule has 3 N–H and O–H groups in total. The highest BCUT2D eigenvalue weighted by molar-refractivity contribution is 7.09. The molecule has 0 saturated heterocycles. The summed E-state index contributed by atoms with van der Waals surface area (Å²) in [6.45, 7) is 2.54. The number of nitrogens with two attached hydrogens (primary N) is 1. The summed E-state index contributed by atoms with van der Waals surface area (Å²) in [5.74, 6) is -0.0284. The van der Waals surface area contributed by atoms with Gasteiger partial charge in [-0.15, -0.1) is 11.3 Å². The van der Waals surface area contributed by atoms with Crippen molar-refractivity contribution < 1.29 is 4.79 Å². The van der Waals surface area contributed by atoms with Crippen molar-refractivity contribution in [3.8, 4) is 0 Å². The molecule has 18 heavy (non-hydrogen) atoms. The molecule has 6 nitrogen and oxygen atoms in total. The van der Waals surface area contributed by atoms with Gasteiger partial charge in [-0.1, -0.05) is 6.92 Å². The van der Waals surface area contributed by atoms with Gasteiger partial charge in [0.15, 0.2) is 0 Å². The van der Waals surface area contributed by atoms with E-state index in [4.69, 9.17) is 5.73 Å². The van der Waals surface area contributed by atoms with Gasteiger partial charge in [-0.2, -0.15) is 5.10 Å². The fourth-order valence-electron chi connectivity index (χ4n) is 1.63. The molecule has 0 fully saturated rings. The van der Waals surface area contributed by atoms with Gasteiger partial charge in [0.05, 0.1) is 16.9 Å². The zero-order valence-electron chi connectivity index (χ0n) is 10.3. The molecule has 0 spiro atoms. The minimum atomic E-state index is -0.212. The van der Waals surface area contributed by atoms with Crippen molar-refractivity contribution in [2.45, 2.75) is 12.8 Å². The Labute approximate surface area is 109 Å². The van der Waals surface area contributed by atoms with Crippen LogP contribution >= 0.6 is 11.3 Å². The van der Waals surface area contributed by atoms with Gasteiger partial charge in [0, 0.05) is 31.1 Å². The van der Waals surface area contributed by atoms with Crippen LogP contribution in [0.3, 0.4) is 0 Å². The number of nitrogen functional groups attached to an aromatic ring is 1. The number of nitrogens with one attached hydrogen (secondary N) is 1. The Morgan fingerprint density at radius 1 is 1.67 bits per heavy atom. The van der Waals surface area contributed by atoms with Gasteiger partial charge < -0.3 is 11.1 Å². The largest absolute Gasteiger partial charge is 0.396 e. The summed E-state index contributed by atoms with van der Waals surface area (Å²) in [7, 11) is 1.69. The number of carbonyl (C=O) groups is 1. The van der Waals surface area contributed by atoms with Crippen LogP contribution in [0.1, 0.15) is 28.3 Å². The molecule has 0 bridgehead atoms. The maximum absolute atomic E-state index is 12.0. The van der Waals surface area contributed by atoms with Crippen molar-refractivity contribution in [1.82, 2.24) is 20.1 Å². The Balaban J connectivity index is 1.97. The standard InChI is InChI=1S/C11H15N5OS/c1-7(11-13-3-4-18-11)5-14-10(17)9-8(12)6-15-16(9)2/h3-4,6-7H,5,12H2,1-2H3,(H,14,17). The van der Waals surface area contributed by atoms with E-state index in [1.165, 1.54) is 10.9 Å². The second-order valence-corrected chi connectivity index (χ2v) is 4.98. The molecule has 0 saturated carbocycles. The Morgan fingerprint density at radius 2 is 2.44 bits per heavy atom. The predicted molar refractivity (Wildman–Crippen MR) is 70.5 cm³/mol. The van der Waals surface area contributed by atoms with E-state index in [2.05, 4.69) is 15.4 Å². The maximum atomic E-state index is 12.0. The van der Waals surface area contributed by atoms with Crippen molar-refractivity contribution in [2.24, 2.45) is 7.05 Å². The van der Waals surface area contributed by atoms with Crippen molar-refractivity contribution >= 4 is 22.9 Å². The normalized spacial score (nSPS) is 12.3. The summed E-state index contributed by atoms with van der Waals surface area (Å²) < 4.78 is 1.47. The van der Waals surface area contributed by atoms with Crippen LogP contribution in [0.15, 0.2) is 17.8 Å². The van der Waals surface area contributed by atoms with Crippen molar-refractivity contribution in [3.63, 3.8) is 0 Å². The van der Waals surface area contributed by atoms with Crippen LogP contribution in [0.4, 0.5) is 5.69 Å². The lowest BCUT2D eigenvalue weighted by molar-refractivity contribution is 0.0943. The molecule has 1 atom stereocenters. The molecule has 0 aromatic carbocycles. The van der Waals surface area contributed by atoms with Gasteiger partial charge in [-0.3, -0.25) is 9.48 Å². The second-order valence-electron chi connectivity index (χ2n) is 4.05. The molecule has 2 aromatic rings. The van der Waals surface area contributed by atoms with Gasteiger partial charge in [-0.05, 0) is 0 Å². The summed E-state index contributed by atoms with van der Waals surface area (Å²) in [5, 5.41) is 9.71. The van der Waals surface area contributed by atoms with E-state index in [9.17, 15) is 4.79 Å². The molecule has 0 aliphatic carbocycles. The Hall–Kier alpha value is -1.89. The number of anilines is 1. The third-order valence-electron chi connectivity index (χ3n) is 2.62. The summed E-state index contributed by atoms with van der Waals surface area (Å²) in [4.78, 5) is 16.2. The maximum Gasteiger partial charge on any atom is 0.271 e. The highest BCUT2D eigenvalue weighted by Gasteiger charge is 2.16. The topological polar surface area (TPSA) is 85.8 Å². The lowest BCUT2D eigenvalue weighted by Crippen LogP contribution is -2.29. The fourth-order valence-corrected chi connectivity index (χ4v) is 2.33. The van der Waals surface area contributed by atoms with Gasteiger partial charge in [0.1, 0.15) is 5.69 Å². The molecule has 2 aromatic heterocycles. The van der Waals surface area contributed by atoms with Crippen molar-refractivity contribution in [2.75, 3.05) is 12.3 Å². The third-order valence-corrected chi connectivity index (χ3v) is 3.63. The lowest BCUT2D eigenvalue weighted by Gasteiger charge is -2.10. The van der Waals surface area contributed by atoms with Gasteiger partial charge in [0.25, 0.3) is 5.91 Å². The molecule has 1 unspecified atom stereocenters. The number of carbonyl (C=O) groups excluding carboxylic acids is 1. The van der Waals surface area contributed by atoms with Gasteiger partial charge in [-0.25, -0.2) is 4.98 Å². The predicted octanol–water partition coefficient (Wildman–Crippen LogP) is 0.992. The van der Waals surface area contributed by atoms with E-state index in [1.54, 1.807) is 24.6 Å². The zero-order valence-corrected chi connectivity index (χ0v) is 11.1. The minimum absolute atomic E-state index is 0.184. The number of aryl methyl sites for hydroxylation is 1. The van der Waals surface area contributed by atoms with Crippen LogP contribution in [0.2, 0.25) is 0 Å². The molecule has 0 aliphatic heterocycles. The molecular weight excluding hydrogens is 250 g/mol. The number of amides is 1. The monoisotopic (exact) mass is 265 g/mol. The fraction of sp³-hybridized carbons (Fsp3) is 0.364. The number of nitrogens with zero attached hydrogens (tertiary/aromatic N) is 3. The van der Waals surface area contributed by atoms with E-state index >= 15 is 0 Å². The van der Waals surface area contributed by atoms with Gasteiger partial charge >= 0.3 is 0 Å². The molecule has 96 valence electrons. The van der Waals surface area contributed by atoms with Crippen LogP contribution in [0.5, 0.6) is 0 Å². The minimum Gasteiger partial charge on any atom is -0.396 e. The number of rotatable bonds is 4. The van der Waals surface area contributed by atoms with E-state index in [0.29, 0.717) is 17.9 Å². The first-order chi connectivity index (χ1) is 8.59. The van der Waals surface area contributed by atoms with Crippen LogP contribution in [0, 0.1) is 0 Å². The Kier molecular flexibility index (Phi) is 3.61. The molecule has 2 heterocycles. The highest BCUT2D eigenvalue weighted by atomic mass is 32.1. The summed E-state index contributed by atoms with van der Waals surface area (Å²) in [5.41, 5.74) is 6.46. The first-order valence-electron chi connectivity index (χ1n) is 5.54. The molecule has 0 aliphatic rings.